The van der Waals surface area contributed by atoms with E-state index in [1.807, 2.05) is 17.0 Å². The van der Waals surface area contributed by atoms with Crippen molar-refractivity contribution >= 4 is 56.3 Å². The molecule has 2 aromatic rings. The van der Waals surface area contributed by atoms with Gasteiger partial charge in [0.05, 0.1) is 0 Å². The van der Waals surface area contributed by atoms with Gasteiger partial charge in [0, 0.05) is 34.0 Å². The second-order valence-corrected chi connectivity index (χ2v) is 8.53. The Hall–Kier alpha value is -1.12. The summed E-state index contributed by atoms with van der Waals surface area (Å²) in [4.78, 5) is 13.9. The Balaban J connectivity index is 0.000000209. The Morgan fingerprint density at radius 3 is 2.50 bits per heavy atom. The number of aryl methyl sites for hydroxylation is 1. The molecule has 0 radical (unpaired) electrons. The first kappa shape index (κ1) is 23.2. The summed E-state index contributed by atoms with van der Waals surface area (Å²) < 4.78 is 15.3. The maximum Gasteiger partial charge on any atom is 0.285 e. The zero-order chi connectivity index (χ0) is 20.7. The van der Waals surface area contributed by atoms with Crippen molar-refractivity contribution < 1.29 is 13.2 Å². The lowest BCUT2D eigenvalue weighted by Crippen LogP contribution is -2.24. The number of fused-ring (bicyclic) bond motifs is 1. The number of amides is 1. The number of unbranched alkanes of at least 4 members (excludes halogenated alkanes) is 1. The third-order valence-electron chi connectivity index (χ3n) is 4.07. The predicted molar refractivity (Wildman–Crippen MR) is 118 cm³/mol. The van der Waals surface area contributed by atoms with Crippen LogP contribution >= 0.6 is 39.1 Å². The summed E-state index contributed by atoms with van der Waals surface area (Å²) in [6.45, 7) is 3.36. The largest absolute Gasteiger partial charge is 0.389 e. The van der Waals surface area contributed by atoms with E-state index in [0.717, 1.165) is 48.0 Å². The third kappa shape index (κ3) is 6.74. The highest BCUT2D eigenvalue weighted by atomic mass is 79.9. The van der Waals surface area contributed by atoms with Gasteiger partial charge in [-0.3, -0.25) is 4.79 Å². The Morgan fingerprint density at radius 2 is 1.86 bits per heavy atom. The number of hydrogen-bond donors (Lipinski definition) is 1. The quantitative estimate of drug-likeness (QED) is 0.440. The topological polar surface area (TPSA) is 72.6 Å². The molecule has 3 rings (SSSR count). The second kappa shape index (κ2) is 11.2. The van der Waals surface area contributed by atoms with Crippen LogP contribution in [0.2, 0.25) is 10.0 Å². The van der Waals surface area contributed by atoms with Crippen LogP contribution in [0.15, 0.2) is 36.4 Å². The predicted octanol–water partition coefficient (Wildman–Crippen LogP) is 5.04. The van der Waals surface area contributed by atoms with Crippen molar-refractivity contribution in [2.75, 3.05) is 11.9 Å². The smallest absolute Gasteiger partial charge is 0.285 e. The number of halogens is 3. The van der Waals surface area contributed by atoms with Gasteiger partial charge in [-0.15, -0.1) is 0 Å². The van der Waals surface area contributed by atoms with Crippen LogP contribution in [0.5, 0.6) is 5.75 Å². The van der Waals surface area contributed by atoms with Crippen LogP contribution in [0.4, 0.5) is 0 Å². The molecule has 0 aliphatic carbocycles. The number of carbonyl (C=O) groups is 1. The lowest BCUT2D eigenvalue weighted by atomic mass is 10.1. The van der Waals surface area contributed by atoms with Crippen LogP contribution < -0.4 is 9.32 Å². The average molecular weight is 508 g/mol. The lowest BCUT2D eigenvalue weighted by molar-refractivity contribution is 0.0776. The molecule has 1 heterocycles. The second-order valence-electron chi connectivity index (χ2n) is 6.18. The molecule has 1 aliphatic heterocycles. The van der Waals surface area contributed by atoms with Gasteiger partial charge in [-0.25, -0.2) is 5.14 Å². The average Bonchev–Trinajstić information content (AvgIpc) is 2.94. The molecule has 152 valence electrons. The van der Waals surface area contributed by atoms with Crippen molar-refractivity contribution in [2.45, 2.75) is 26.3 Å². The zero-order valence-corrected chi connectivity index (χ0v) is 19.2. The highest BCUT2D eigenvalue weighted by molar-refractivity contribution is 9.09. The Labute approximate surface area is 186 Å². The van der Waals surface area contributed by atoms with Gasteiger partial charge < -0.3 is 9.08 Å². The van der Waals surface area contributed by atoms with E-state index in [1.165, 1.54) is 0 Å². The van der Waals surface area contributed by atoms with E-state index in [9.17, 15) is 9.00 Å². The standard InChI is InChI=1S/C12H13BrClNO.C7H8ClNO2S/c13-5-1-2-6-15-8-9-3-4-10(14)7-11(9)12(15)16;1-5-4-6(8)2-3-7(5)11-12(9)10/h3-4,7H,1-2,5-6,8H2;2-4H,9H2,1H3. The molecule has 1 aliphatic rings. The van der Waals surface area contributed by atoms with Crippen molar-refractivity contribution in [3.63, 3.8) is 0 Å². The van der Waals surface area contributed by atoms with Gasteiger partial charge in [0.15, 0.2) is 0 Å². The Bertz CT molecular complexity index is 867. The summed E-state index contributed by atoms with van der Waals surface area (Å²) in [5.41, 5.74) is 2.67. The molecule has 1 atom stereocenters. The molecule has 0 aromatic heterocycles. The van der Waals surface area contributed by atoms with Gasteiger partial charge in [-0.2, -0.15) is 4.21 Å². The summed E-state index contributed by atoms with van der Waals surface area (Å²) >= 11 is 13.2. The first-order chi connectivity index (χ1) is 13.3. The van der Waals surface area contributed by atoms with E-state index >= 15 is 0 Å². The molecule has 1 unspecified atom stereocenters. The number of benzene rings is 2. The van der Waals surface area contributed by atoms with Crippen LogP contribution in [-0.4, -0.2) is 26.9 Å². The van der Waals surface area contributed by atoms with Crippen LogP contribution in [-0.2, 0) is 17.8 Å². The Morgan fingerprint density at radius 1 is 1.18 bits per heavy atom. The monoisotopic (exact) mass is 506 g/mol. The molecule has 0 spiro atoms. The maximum absolute atomic E-state index is 12.0. The van der Waals surface area contributed by atoms with E-state index in [-0.39, 0.29) is 5.91 Å². The SMILES string of the molecule is Cc1cc(Cl)ccc1OS(N)=O.O=C1c2cc(Cl)ccc2CN1CCCCBr. The summed E-state index contributed by atoms with van der Waals surface area (Å²) in [6.07, 6.45) is 2.14. The number of nitrogens with two attached hydrogens (primary N) is 1. The van der Waals surface area contributed by atoms with Crippen molar-refractivity contribution in [1.82, 2.24) is 4.90 Å². The number of carbonyl (C=O) groups excluding carboxylic acids is 1. The molecular formula is C19H21BrCl2N2O3S. The molecule has 1 amide bonds. The van der Waals surface area contributed by atoms with E-state index in [4.69, 9.17) is 32.5 Å². The maximum atomic E-state index is 12.0. The minimum atomic E-state index is -1.78. The fourth-order valence-corrected chi connectivity index (χ4v) is 3.87. The lowest BCUT2D eigenvalue weighted by Gasteiger charge is -2.14. The highest BCUT2D eigenvalue weighted by Gasteiger charge is 2.26. The molecule has 28 heavy (non-hydrogen) atoms. The normalized spacial score (nSPS) is 13.6. The van der Waals surface area contributed by atoms with Gasteiger partial charge in [0.25, 0.3) is 17.2 Å². The first-order valence-electron chi connectivity index (χ1n) is 8.56. The highest BCUT2D eigenvalue weighted by Crippen LogP contribution is 2.26. The molecule has 0 saturated carbocycles. The number of alkyl halides is 1. The van der Waals surface area contributed by atoms with Crippen LogP contribution in [0.25, 0.3) is 0 Å². The van der Waals surface area contributed by atoms with Crippen molar-refractivity contribution in [2.24, 2.45) is 5.14 Å². The number of rotatable bonds is 6. The van der Waals surface area contributed by atoms with Gasteiger partial charge in [-0.1, -0.05) is 45.2 Å². The molecule has 0 saturated heterocycles. The molecule has 2 aromatic carbocycles. The third-order valence-corrected chi connectivity index (χ3v) is 5.45. The van der Waals surface area contributed by atoms with Gasteiger partial charge >= 0.3 is 0 Å². The zero-order valence-electron chi connectivity index (χ0n) is 15.3. The fourth-order valence-electron chi connectivity index (χ4n) is 2.71. The molecule has 0 bridgehead atoms. The van der Waals surface area contributed by atoms with E-state index < -0.39 is 11.3 Å². The van der Waals surface area contributed by atoms with Crippen molar-refractivity contribution in [3.05, 3.63) is 63.1 Å². The van der Waals surface area contributed by atoms with E-state index in [1.54, 1.807) is 31.2 Å². The summed E-state index contributed by atoms with van der Waals surface area (Å²) in [5.74, 6) is 0.604. The van der Waals surface area contributed by atoms with Gasteiger partial charge in [0.2, 0.25) is 0 Å². The van der Waals surface area contributed by atoms with Crippen LogP contribution in [0.3, 0.4) is 0 Å². The van der Waals surface area contributed by atoms with Gasteiger partial charge in [-0.05, 0) is 61.2 Å². The first-order valence-corrected chi connectivity index (χ1v) is 11.6. The molecule has 5 nitrogen and oxygen atoms in total. The fraction of sp³-hybridized carbons (Fsp3) is 0.316. The van der Waals surface area contributed by atoms with Crippen LogP contribution in [0.1, 0.15) is 34.3 Å². The summed E-state index contributed by atoms with van der Waals surface area (Å²) in [7, 11) is 0. The summed E-state index contributed by atoms with van der Waals surface area (Å²) in [5, 5.41) is 7.19. The minimum absolute atomic E-state index is 0.118. The molecular weight excluding hydrogens is 487 g/mol. The molecule has 9 heteroatoms. The van der Waals surface area contributed by atoms with Gasteiger partial charge in [0.1, 0.15) is 5.75 Å². The molecule has 0 fully saturated rings. The van der Waals surface area contributed by atoms with Crippen LogP contribution in [0, 0.1) is 6.92 Å². The van der Waals surface area contributed by atoms with E-state index in [2.05, 4.69) is 15.9 Å². The van der Waals surface area contributed by atoms with Crippen molar-refractivity contribution in [3.8, 4) is 5.75 Å². The summed E-state index contributed by atoms with van der Waals surface area (Å²) in [6, 6.07) is 10.5. The number of hydrogen-bond acceptors (Lipinski definition) is 3. The molecule has 2 N–H and O–H groups in total. The van der Waals surface area contributed by atoms with E-state index in [0.29, 0.717) is 15.8 Å². The van der Waals surface area contributed by atoms with Crippen molar-refractivity contribution in [1.29, 1.82) is 0 Å². The number of nitrogens with zero attached hydrogens (tertiary/aromatic N) is 1. The Kier molecular flexibility index (Phi) is 9.24. The minimum Gasteiger partial charge on any atom is -0.389 e.